The molecule has 0 unspecified atom stereocenters. The Morgan fingerprint density at radius 2 is 1.84 bits per heavy atom. The first-order chi connectivity index (χ1) is 18.2. The Hall–Kier alpha value is -3.24. The quantitative estimate of drug-likeness (QED) is 0.283. The Morgan fingerprint density at radius 3 is 2.68 bits per heavy atom. The third-order valence-electron chi connectivity index (χ3n) is 6.64. The minimum absolute atomic E-state index is 0.146. The summed E-state index contributed by atoms with van der Waals surface area (Å²) in [5.74, 6) is 1.24. The van der Waals surface area contributed by atoms with Crippen molar-refractivity contribution < 1.29 is 14.2 Å². The maximum Gasteiger partial charge on any atom is 0.227 e. The van der Waals surface area contributed by atoms with E-state index in [2.05, 4.69) is 32.7 Å². The van der Waals surface area contributed by atoms with Gasteiger partial charge in [0.05, 0.1) is 37.8 Å². The van der Waals surface area contributed by atoms with Gasteiger partial charge in [-0.15, -0.1) is 0 Å². The Balaban J connectivity index is 1.17. The second-order valence-corrected chi connectivity index (χ2v) is 9.40. The van der Waals surface area contributed by atoms with Crippen molar-refractivity contribution in [1.29, 1.82) is 0 Å². The molecular formula is C28H36N6O3. The maximum absolute atomic E-state index is 6.32. The van der Waals surface area contributed by atoms with Crippen molar-refractivity contribution in [3.63, 3.8) is 0 Å². The third kappa shape index (κ3) is 7.39. The van der Waals surface area contributed by atoms with E-state index in [9.17, 15) is 0 Å². The van der Waals surface area contributed by atoms with Gasteiger partial charge in [-0.25, -0.2) is 9.97 Å². The van der Waals surface area contributed by atoms with Crippen LogP contribution in [0.5, 0.6) is 5.75 Å². The molecular weight excluding hydrogens is 468 g/mol. The van der Waals surface area contributed by atoms with Crippen LogP contribution in [0.1, 0.15) is 18.4 Å². The second-order valence-electron chi connectivity index (χ2n) is 9.40. The van der Waals surface area contributed by atoms with Gasteiger partial charge in [0.15, 0.2) is 0 Å². The molecule has 3 heterocycles. The number of morpholine rings is 1. The van der Waals surface area contributed by atoms with Crippen LogP contribution in [0.25, 0.3) is 11.3 Å². The van der Waals surface area contributed by atoms with Crippen molar-refractivity contribution in [1.82, 2.24) is 20.2 Å². The number of nitrogens with two attached hydrogens (primary N) is 1. The van der Waals surface area contributed by atoms with E-state index >= 15 is 0 Å². The van der Waals surface area contributed by atoms with E-state index in [1.807, 2.05) is 36.4 Å². The summed E-state index contributed by atoms with van der Waals surface area (Å²) in [5, 5.41) is 6.87. The van der Waals surface area contributed by atoms with Crippen molar-refractivity contribution >= 4 is 17.3 Å². The fourth-order valence-corrected chi connectivity index (χ4v) is 4.55. The van der Waals surface area contributed by atoms with Gasteiger partial charge in [-0.1, -0.05) is 12.1 Å². The molecule has 0 bridgehead atoms. The Kier molecular flexibility index (Phi) is 8.81. The first-order valence-corrected chi connectivity index (χ1v) is 13.1. The molecule has 5 rings (SSSR count). The third-order valence-corrected chi connectivity index (χ3v) is 6.64. The van der Waals surface area contributed by atoms with E-state index in [-0.39, 0.29) is 6.10 Å². The molecule has 2 saturated heterocycles. The van der Waals surface area contributed by atoms with Gasteiger partial charge < -0.3 is 30.6 Å². The summed E-state index contributed by atoms with van der Waals surface area (Å²) in [6, 6.07) is 16.0. The van der Waals surface area contributed by atoms with Gasteiger partial charge in [0.1, 0.15) is 11.9 Å². The van der Waals surface area contributed by atoms with Crippen LogP contribution in [0.15, 0.2) is 54.7 Å². The van der Waals surface area contributed by atoms with Crippen LogP contribution in [-0.4, -0.2) is 73.6 Å². The molecule has 2 aromatic carbocycles. The summed E-state index contributed by atoms with van der Waals surface area (Å²) in [6.07, 6.45) is 3.67. The predicted octanol–water partition coefficient (Wildman–Crippen LogP) is 3.45. The van der Waals surface area contributed by atoms with Gasteiger partial charge in [0.25, 0.3) is 0 Å². The molecule has 0 aliphatic carbocycles. The summed E-state index contributed by atoms with van der Waals surface area (Å²) in [5.41, 5.74) is 10.8. The van der Waals surface area contributed by atoms with Gasteiger partial charge in [-0.05, 0) is 42.0 Å². The lowest BCUT2D eigenvalue weighted by molar-refractivity contribution is 0.0259. The SMILES string of the molecule is Nc1cc(-c2ccnc(Nc3cccc(CNCCN4CCOCC4)c3)n2)ccc1OC1CCOCC1. The van der Waals surface area contributed by atoms with Crippen molar-refractivity contribution in [2.75, 3.05) is 63.7 Å². The highest BCUT2D eigenvalue weighted by Gasteiger charge is 2.17. The molecule has 196 valence electrons. The van der Waals surface area contributed by atoms with Crippen LogP contribution in [0.4, 0.5) is 17.3 Å². The van der Waals surface area contributed by atoms with Crippen LogP contribution >= 0.6 is 0 Å². The molecule has 9 heteroatoms. The summed E-state index contributed by atoms with van der Waals surface area (Å²) < 4.78 is 16.9. The van der Waals surface area contributed by atoms with E-state index in [1.54, 1.807) is 6.20 Å². The zero-order chi connectivity index (χ0) is 25.3. The standard InChI is InChI=1S/C28H36N6O3/c29-25-19-22(4-5-27(25)37-24-7-14-35-15-8-24)26-6-9-31-28(33-26)32-23-3-1-2-21(18-23)20-30-10-11-34-12-16-36-17-13-34/h1-6,9,18-19,24,30H,7-8,10-17,20,29H2,(H,31,32,33). The Bertz CT molecular complexity index is 1150. The van der Waals surface area contributed by atoms with E-state index < -0.39 is 0 Å². The number of hydrogen-bond acceptors (Lipinski definition) is 9. The zero-order valence-electron chi connectivity index (χ0n) is 21.2. The van der Waals surface area contributed by atoms with Crippen LogP contribution < -0.4 is 21.1 Å². The molecule has 37 heavy (non-hydrogen) atoms. The molecule has 2 fully saturated rings. The van der Waals surface area contributed by atoms with Crippen LogP contribution in [0, 0.1) is 0 Å². The summed E-state index contributed by atoms with van der Waals surface area (Å²) in [7, 11) is 0. The summed E-state index contributed by atoms with van der Waals surface area (Å²) in [4.78, 5) is 11.6. The number of anilines is 3. The van der Waals surface area contributed by atoms with Crippen molar-refractivity contribution in [2.45, 2.75) is 25.5 Å². The lowest BCUT2D eigenvalue weighted by atomic mass is 10.1. The lowest BCUT2D eigenvalue weighted by Gasteiger charge is -2.26. The fourth-order valence-electron chi connectivity index (χ4n) is 4.55. The zero-order valence-corrected chi connectivity index (χ0v) is 21.2. The lowest BCUT2D eigenvalue weighted by Crippen LogP contribution is -2.40. The second kappa shape index (κ2) is 12.8. The Morgan fingerprint density at radius 1 is 1.00 bits per heavy atom. The summed E-state index contributed by atoms with van der Waals surface area (Å²) >= 11 is 0. The number of benzene rings is 2. The minimum atomic E-state index is 0.146. The van der Waals surface area contributed by atoms with Gasteiger partial charge in [-0.3, -0.25) is 4.90 Å². The number of ether oxygens (including phenoxy) is 3. The highest BCUT2D eigenvalue weighted by atomic mass is 16.5. The highest BCUT2D eigenvalue weighted by molar-refractivity contribution is 5.69. The number of nitrogens with zero attached hydrogens (tertiary/aromatic N) is 3. The van der Waals surface area contributed by atoms with E-state index in [0.717, 1.165) is 88.9 Å². The molecule has 4 N–H and O–H groups in total. The van der Waals surface area contributed by atoms with Crippen LogP contribution in [0.2, 0.25) is 0 Å². The van der Waals surface area contributed by atoms with Gasteiger partial charge >= 0.3 is 0 Å². The van der Waals surface area contributed by atoms with Gasteiger partial charge in [0.2, 0.25) is 5.95 Å². The molecule has 0 radical (unpaired) electrons. The van der Waals surface area contributed by atoms with Crippen molar-refractivity contribution in [2.24, 2.45) is 0 Å². The van der Waals surface area contributed by atoms with Gasteiger partial charge in [-0.2, -0.15) is 0 Å². The van der Waals surface area contributed by atoms with Crippen LogP contribution in [-0.2, 0) is 16.0 Å². The average Bonchev–Trinajstić information content (AvgIpc) is 2.94. The monoisotopic (exact) mass is 504 g/mol. The Labute approximate surface area is 218 Å². The van der Waals surface area contributed by atoms with Crippen molar-refractivity contribution in [3.8, 4) is 17.0 Å². The molecule has 1 aromatic heterocycles. The first-order valence-electron chi connectivity index (χ1n) is 13.1. The molecule has 0 atom stereocenters. The van der Waals surface area contributed by atoms with Crippen LogP contribution in [0.3, 0.4) is 0 Å². The van der Waals surface area contributed by atoms with Crippen molar-refractivity contribution in [3.05, 3.63) is 60.3 Å². The molecule has 0 saturated carbocycles. The highest BCUT2D eigenvalue weighted by Crippen LogP contribution is 2.30. The van der Waals surface area contributed by atoms with Gasteiger partial charge in [0, 0.05) is 63.0 Å². The number of aromatic nitrogens is 2. The number of hydrogen-bond donors (Lipinski definition) is 3. The minimum Gasteiger partial charge on any atom is -0.488 e. The van der Waals surface area contributed by atoms with E-state index in [4.69, 9.17) is 24.9 Å². The maximum atomic E-state index is 6.32. The largest absolute Gasteiger partial charge is 0.488 e. The summed E-state index contributed by atoms with van der Waals surface area (Å²) in [6.45, 7) is 7.95. The molecule has 0 spiro atoms. The topological polar surface area (TPSA) is 107 Å². The molecule has 2 aliphatic heterocycles. The normalized spacial score (nSPS) is 17.0. The first kappa shape index (κ1) is 25.4. The molecule has 9 nitrogen and oxygen atoms in total. The van der Waals surface area contributed by atoms with E-state index in [0.29, 0.717) is 17.4 Å². The molecule has 0 amide bonds. The number of nitrogen functional groups attached to an aromatic ring is 1. The number of nitrogens with one attached hydrogen (secondary N) is 2. The predicted molar refractivity (Wildman–Crippen MR) is 145 cm³/mol. The average molecular weight is 505 g/mol. The molecule has 3 aromatic rings. The number of rotatable bonds is 10. The fraction of sp³-hybridized carbons (Fsp3) is 0.429. The molecule has 2 aliphatic rings. The smallest absolute Gasteiger partial charge is 0.227 e. The van der Waals surface area contributed by atoms with E-state index in [1.165, 1.54) is 5.56 Å².